The fourth-order valence-electron chi connectivity index (χ4n) is 4.65. The predicted molar refractivity (Wildman–Crippen MR) is 160 cm³/mol. The van der Waals surface area contributed by atoms with Crippen LogP contribution in [0.1, 0.15) is 31.1 Å². The van der Waals surface area contributed by atoms with Crippen molar-refractivity contribution in [3.05, 3.63) is 54.0 Å². The summed E-state index contributed by atoms with van der Waals surface area (Å²) in [4.78, 5) is 31.3. The van der Waals surface area contributed by atoms with E-state index in [1.54, 1.807) is 17.0 Å². The molecule has 13 heteroatoms. The Bertz CT molecular complexity index is 1250. The van der Waals surface area contributed by atoms with Gasteiger partial charge >= 0.3 is 6.09 Å². The van der Waals surface area contributed by atoms with Crippen molar-refractivity contribution in [3.8, 4) is 0 Å². The van der Waals surface area contributed by atoms with Gasteiger partial charge in [0.2, 0.25) is 0 Å². The molecule has 0 saturated carbocycles. The lowest BCUT2D eigenvalue weighted by molar-refractivity contribution is 0.0240. The maximum absolute atomic E-state index is 13.4. The third kappa shape index (κ3) is 8.85. The molecular weight excluding hydrogens is 531 g/mol. The van der Waals surface area contributed by atoms with Crippen LogP contribution in [-0.2, 0) is 4.74 Å². The number of H-pyrrole nitrogens is 1. The van der Waals surface area contributed by atoms with Crippen LogP contribution in [0.5, 0.6) is 0 Å². The number of hydrazine groups is 1. The van der Waals surface area contributed by atoms with E-state index in [9.17, 15) is 14.0 Å². The highest BCUT2D eigenvalue weighted by Gasteiger charge is 2.26. The van der Waals surface area contributed by atoms with Crippen molar-refractivity contribution >= 4 is 34.7 Å². The Morgan fingerprint density at radius 1 is 0.951 bits per heavy atom. The van der Waals surface area contributed by atoms with Crippen LogP contribution in [0.25, 0.3) is 10.9 Å². The van der Waals surface area contributed by atoms with Gasteiger partial charge in [-0.25, -0.2) is 9.18 Å². The number of anilines is 2. The molecular formula is C28H43FN8O4. The molecule has 0 spiro atoms. The van der Waals surface area contributed by atoms with Crippen molar-refractivity contribution < 1.29 is 24.2 Å². The summed E-state index contributed by atoms with van der Waals surface area (Å²) in [5.41, 5.74) is 2.63. The number of hydrogen-bond donors (Lipinski definition) is 3. The zero-order valence-electron chi connectivity index (χ0n) is 24.3. The number of benzene rings is 2. The smallest absolute Gasteiger partial charge is 0.410 e. The average molecular weight is 575 g/mol. The van der Waals surface area contributed by atoms with E-state index in [4.69, 9.17) is 4.74 Å². The molecule has 3 heterocycles. The molecule has 0 radical (unpaired) electrons. The Morgan fingerprint density at radius 2 is 1.51 bits per heavy atom. The van der Waals surface area contributed by atoms with E-state index in [1.165, 1.54) is 6.07 Å². The van der Waals surface area contributed by atoms with Gasteiger partial charge in [-0.3, -0.25) is 21.6 Å². The Labute approximate surface area is 240 Å². The monoisotopic (exact) mass is 574 g/mol. The molecule has 0 atom stereocenters. The van der Waals surface area contributed by atoms with Crippen molar-refractivity contribution in [3.63, 3.8) is 0 Å². The molecule has 0 aliphatic carbocycles. The van der Waals surface area contributed by atoms with Gasteiger partial charge in [-0.1, -0.05) is 12.1 Å². The second kappa shape index (κ2) is 15.3. The van der Waals surface area contributed by atoms with Crippen LogP contribution >= 0.6 is 0 Å². The van der Waals surface area contributed by atoms with Crippen LogP contribution in [0.2, 0.25) is 0 Å². The molecule has 0 unspecified atom stereocenters. The summed E-state index contributed by atoms with van der Waals surface area (Å²) in [6.45, 7) is 12.1. The average Bonchev–Trinajstić information content (AvgIpc) is 3.43. The van der Waals surface area contributed by atoms with Crippen molar-refractivity contribution in [1.82, 2.24) is 20.0 Å². The molecule has 2 fully saturated rings. The largest absolute Gasteiger partial charge is 0.444 e. The van der Waals surface area contributed by atoms with Gasteiger partial charge in [-0.05, 0) is 52.1 Å². The summed E-state index contributed by atoms with van der Waals surface area (Å²) < 4.78 is 18.8. The molecule has 226 valence electrons. The van der Waals surface area contributed by atoms with Crippen LogP contribution < -0.4 is 21.5 Å². The van der Waals surface area contributed by atoms with Gasteiger partial charge in [0.1, 0.15) is 11.4 Å². The second-order valence-electron chi connectivity index (χ2n) is 10.6. The van der Waals surface area contributed by atoms with E-state index in [2.05, 4.69) is 49.7 Å². The summed E-state index contributed by atoms with van der Waals surface area (Å²) >= 11 is 0. The van der Waals surface area contributed by atoms with Crippen LogP contribution in [0, 0.1) is 5.82 Å². The Kier molecular flexibility index (Phi) is 12.5. The fourth-order valence-corrected chi connectivity index (χ4v) is 4.65. The van der Waals surface area contributed by atoms with E-state index >= 15 is 0 Å². The number of nitrogens with one attached hydrogen (secondary N) is 1. The lowest BCUT2D eigenvalue weighted by atomic mass is 10.1. The van der Waals surface area contributed by atoms with E-state index in [-0.39, 0.29) is 17.1 Å². The number of carbonyl (C=O) groups excluding carboxylic acids is 2. The SMILES string of the molecule is CC(C)(C)OC(=O)N1CCN(c2cccc3[nH]ncc23)CC1.CN1CCN(c2cccc(F)c2C=O)CC1.NN.O. The van der Waals surface area contributed by atoms with Gasteiger partial charge in [0, 0.05) is 63.4 Å². The first-order valence-electron chi connectivity index (χ1n) is 13.3. The molecule has 2 aromatic carbocycles. The number of nitrogens with zero attached hydrogens (tertiary/aromatic N) is 5. The maximum atomic E-state index is 13.4. The number of aldehydes is 1. The summed E-state index contributed by atoms with van der Waals surface area (Å²) in [5, 5.41) is 8.21. The van der Waals surface area contributed by atoms with E-state index < -0.39 is 11.4 Å². The van der Waals surface area contributed by atoms with Crippen LogP contribution in [0.4, 0.5) is 20.6 Å². The van der Waals surface area contributed by atoms with E-state index in [1.807, 2.05) is 39.1 Å². The minimum Gasteiger partial charge on any atom is -0.444 e. The van der Waals surface area contributed by atoms with Gasteiger partial charge < -0.3 is 29.8 Å². The van der Waals surface area contributed by atoms with Gasteiger partial charge in [0.25, 0.3) is 0 Å². The van der Waals surface area contributed by atoms with Crippen molar-refractivity contribution in [1.29, 1.82) is 0 Å². The van der Waals surface area contributed by atoms with Crippen LogP contribution in [0.15, 0.2) is 42.6 Å². The molecule has 3 aromatic rings. The first-order valence-corrected chi connectivity index (χ1v) is 13.3. The lowest BCUT2D eigenvalue weighted by Gasteiger charge is -2.37. The van der Waals surface area contributed by atoms with E-state index in [0.29, 0.717) is 25.1 Å². The summed E-state index contributed by atoms with van der Waals surface area (Å²) in [6.07, 6.45) is 2.22. The molecule has 12 nitrogen and oxygen atoms in total. The number of fused-ring (bicyclic) bond motifs is 1. The number of ether oxygens (including phenoxy) is 1. The number of rotatable bonds is 3. The highest BCUT2D eigenvalue weighted by molar-refractivity contribution is 5.91. The summed E-state index contributed by atoms with van der Waals surface area (Å²) in [7, 11) is 2.06. The zero-order chi connectivity index (χ0) is 29.3. The number of carbonyl (C=O) groups is 2. The summed E-state index contributed by atoms with van der Waals surface area (Å²) in [6, 6.07) is 10.9. The third-order valence-corrected chi connectivity index (χ3v) is 6.73. The number of amides is 1. The fraction of sp³-hybridized carbons (Fsp3) is 0.464. The van der Waals surface area contributed by atoms with Crippen molar-refractivity contribution in [2.75, 3.05) is 69.2 Å². The number of halogens is 1. The van der Waals surface area contributed by atoms with Crippen LogP contribution in [-0.4, -0.2) is 103 Å². The number of aromatic amines is 1. The molecule has 0 bridgehead atoms. The molecule has 2 saturated heterocycles. The molecule has 7 N–H and O–H groups in total. The molecule has 1 amide bonds. The molecule has 5 rings (SSSR count). The highest BCUT2D eigenvalue weighted by atomic mass is 19.1. The van der Waals surface area contributed by atoms with Crippen molar-refractivity contribution in [2.45, 2.75) is 26.4 Å². The third-order valence-electron chi connectivity index (χ3n) is 6.73. The first-order chi connectivity index (χ1) is 19.2. The van der Waals surface area contributed by atoms with E-state index in [0.717, 1.165) is 55.9 Å². The quantitative estimate of drug-likeness (QED) is 0.241. The number of nitrogens with two attached hydrogens (primary N) is 2. The summed E-state index contributed by atoms with van der Waals surface area (Å²) in [5.74, 6) is 7.56. The molecule has 2 aliphatic rings. The maximum Gasteiger partial charge on any atom is 0.410 e. The molecule has 1 aromatic heterocycles. The minimum absolute atomic E-state index is 0. The van der Waals surface area contributed by atoms with Crippen molar-refractivity contribution in [2.24, 2.45) is 11.7 Å². The van der Waals surface area contributed by atoms with Gasteiger partial charge in [-0.2, -0.15) is 5.10 Å². The predicted octanol–water partition coefficient (Wildman–Crippen LogP) is 2.00. The number of likely N-dealkylation sites (N-methyl/N-ethyl adjacent to an activating group) is 1. The van der Waals surface area contributed by atoms with Gasteiger partial charge in [0.15, 0.2) is 6.29 Å². The number of piperazine rings is 2. The first kappa shape index (κ1) is 33.4. The van der Waals surface area contributed by atoms with Gasteiger partial charge in [-0.15, -0.1) is 0 Å². The Morgan fingerprint density at radius 3 is 2.12 bits per heavy atom. The normalized spacial score (nSPS) is 15.6. The number of aromatic nitrogens is 2. The minimum atomic E-state index is -0.448. The second-order valence-corrected chi connectivity index (χ2v) is 10.6. The highest BCUT2D eigenvalue weighted by Crippen LogP contribution is 2.26. The molecule has 2 aliphatic heterocycles. The Balaban J connectivity index is 0.000000276. The Hall–Kier alpha value is -3.78. The van der Waals surface area contributed by atoms with Gasteiger partial charge in [0.05, 0.1) is 23.0 Å². The lowest BCUT2D eigenvalue weighted by Crippen LogP contribution is -2.50. The standard InChI is InChI=1S/C16H22N4O2.C12H15FN2O.H4N2.H2O/c1-16(2,3)22-15(21)20-9-7-19(8-10-20)14-6-4-5-13-12(14)11-17-18-13;1-14-5-7-15(8-6-14)12-4-2-3-11(13)10(12)9-16;1-2;/h4-6,11H,7-10H2,1-3H3,(H,17,18);2-4,9H,5-8H2,1H3;1-2H2;1H2. The topological polar surface area (TPSA) is 169 Å². The van der Waals surface area contributed by atoms with Crippen LogP contribution in [0.3, 0.4) is 0 Å². The molecule has 41 heavy (non-hydrogen) atoms. The zero-order valence-corrected chi connectivity index (χ0v) is 24.3. The number of hydrogen-bond acceptors (Lipinski definition) is 9.